The molecule has 1 atom stereocenters. The molecule has 11 heavy (non-hydrogen) atoms. The van der Waals surface area contributed by atoms with E-state index in [2.05, 4.69) is 17.6 Å². The van der Waals surface area contributed by atoms with Gasteiger partial charge in [-0.1, -0.05) is 12.7 Å². The Morgan fingerprint density at radius 2 is 2.64 bits per heavy atom. The van der Waals surface area contributed by atoms with Crippen LogP contribution < -0.4 is 0 Å². The van der Waals surface area contributed by atoms with Gasteiger partial charge in [0.15, 0.2) is 0 Å². The van der Waals surface area contributed by atoms with Gasteiger partial charge >= 0.3 is 0 Å². The van der Waals surface area contributed by atoms with Gasteiger partial charge in [0.2, 0.25) is 0 Å². The number of hydrogen-bond donors (Lipinski definition) is 0. The Labute approximate surface area is 72.2 Å². The first-order valence-electron chi connectivity index (χ1n) is 4.13. The van der Waals surface area contributed by atoms with E-state index in [-0.39, 0.29) is 0 Å². The first kappa shape index (κ1) is 7.29. The molecule has 0 saturated carbocycles. The Morgan fingerprint density at radius 3 is 3.45 bits per heavy atom. The highest BCUT2D eigenvalue weighted by molar-refractivity contribution is 8.03. The van der Waals surface area contributed by atoms with Gasteiger partial charge in [0.25, 0.3) is 0 Å². The fourth-order valence-electron chi connectivity index (χ4n) is 1.78. The van der Waals surface area contributed by atoms with E-state index >= 15 is 0 Å². The molecule has 2 heterocycles. The van der Waals surface area contributed by atoms with Gasteiger partial charge in [-0.3, -0.25) is 0 Å². The van der Waals surface area contributed by atoms with Gasteiger partial charge in [-0.25, -0.2) is 0 Å². The molecule has 2 aliphatic rings. The number of rotatable bonds is 1. The summed E-state index contributed by atoms with van der Waals surface area (Å²) < 4.78 is 0. The van der Waals surface area contributed by atoms with Crippen molar-refractivity contribution in [3.8, 4) is 0 Å². The smallest absolute Gasteiger partial charge is 0.0600 e. The Hall–Kier alpha value is -0.370. The van der Waals surface area contributed by atoms with Crippen LogP contribution in [0.3, 0.4) is 0 Å². The molecule has 0 bridgehead atoms. The third-order valence-corrected chi connectivity index (χ3v) is 3.57. The minimum atomic E-state index is 0.686. The zero-order valence-corrected chi connectivity index (χ0v) is 7.44. The van der Waals surface area contributed by atoms with Crippen LogP contribution in [0, 0.1) is 0 Å². The molecule has 1 saturated heterocycles. The van der Waals surface area contributed by atoms with Gasteiger partial charge in [-0.05, 0) is 19.0 Å². The second-order valence-corrected chi connectivity index (χ2v) is 4.14. The summed E-state index contributed by atoms with van der Waals surface area (Å²) in [6.45, 7) is 5.00. The predicted octanol–water partition coefficient (Wildman–Crippen LogP) is 2.22. The Balaban J connectivity index is 2.18. The highest BCUT2D eigenvalue weighted by Gasteiger charge is 2.27. The lowest BCUT2D eigenvalue weighted by Crippen LogP contribution is -2.32. The van der Waals surface area contributed by atoms with Crippen LogP contribution in [0.1, 0.15) is 12.8 Å². The number of hydrogen-bond acceptors (Lipinski definition) is 2. The van der Waals surface area contributed by atoms with Crippen molar-refractivity contribution in [1.29, 1.82) is 0 Å². The van der Waals surface area contributed by atoms with E-state index in [1.165, 1.54) is 18.6 Å². The maximum Gasteiger partial charge on any atom is 0.0600 e. The third kappa shape index (κ3) is 1.20. The molecular weight excluding hydrogens is 154 g/mol. The number of nitrogens with zero attached hydrogens (tertiary/aromatic N) is 1. The van der Waals surface area contributed by atoms with Crippen LogP contribution in [0.25, 0.3) is 0 Å². The van der Waals surface area contributed by atoms with Crippen molar-refractivity contribution in [3.05, 3.63) is 23.8 Å². The molecule has 1 nitrogen and oxygen atoms in total. The average molecular weight is 167 g/mol. The maximum absolute atomic E-state index is 3.83. The maximum atomic E-state index is 3.83. The molecule has 0 aromatic rings. The molecule has 2 rings (SSSR count). The lowest BCUT2D eigenvalue weighted by Gasteiger charge is -2.30. The van der Waals surface area contributed by atoms with Crippen LogP contribution in [-0.4, -0.2) is 23.2 Å². The molecule has 0 amide bonds. The van der Waals surface area contributed by atoms with E-state index in [9.17, 15) is 0 Å². The number of thioether (sulfide) groups is 1. The quantitative estimate of drug-likeness (QED) is 0.589. The van der Waals surface area contributed by atoms with Crippen molar-refractivity contribution >= 4 is 11.8 Å². The van der Waals surface area contributed by atoms with Crippen molar-refractivity contribution in [2.75, 3.05) is 12.3 Å². The van der Waals surface area contributed by atoms with Crippen molar-refractivity contribution in [1.82, 2.24) is 4.90 Å². The predicted molar refractivity (Wildman–Crippen MR) is 50.5 cm³/mol. The van der Waals surface area contributed by atoms with Gasteiger partial charge in [-0.2, -0.15) is 0 Å². The molecule has 0 aliphatic carbocycles. The first-order valence-corrected chi connectivity index (χ1v) is 5.11. The average Bonchev–Trinajstić information content (AvgIpc) is 2.50. The van der Waals surface area contributed by atoms with E-state index < -0.39 is 0 Å². The van der Waals surface area contributed by atoms with Crippen LogP contribution in [-0.2, 0) is 0 Å². The normalized spacial score (nSPS) is 29.6. The minimum absolute atomic E-state index is 0.686. The molecule has 0 aromatic carbocycles. The van der Waals surface area contributed by atoms with Crippen LogP contribution in [0.15, 0.2) is 23.8 Å². The molecule has 0 spiro atoms. The zero-order valence-electron chi connectivity index (χ0n) is 6.62. The van der Waals surface area contributed by atoms with Crippen LogP contribution in [0.4, 0.5) is 0 Å². The fourth-order valence-corrected chi connectivity index (χ4v) is 3.04. The van der Waals surface area contributed by atoms with E-state index in [1.54, 1.807) is 4.91 Å². The third-order valence-electron chi connectivity index (χ3n) is 2.36. The highest BCUT2D eigenvalue weighted by atomic mass is 32.2. The Bertz CT molecular complexity index is 198. The first-order chi connectivity index (χ1) is 5.42. The largest absolute Gasteiger partial charge is 0.370 e. The molecule has 2 heteroatoms. The topological polar surface area (TPSA) is 3.24 Å². The van der Waals surface area contributed by atoms with Crippen LogP contribution in [0.5, 0.6) is 0 Å². The standard InChI is InChI=1S/C9H13NS/c1-2-10-6-3-4-9-8(10)5-7-11-9/h2,4,8H,1,3,5-7H2. The Kier molecular flexibility index (Phi) is 1.95. The molecule has 0 N–H and O–H groups in total. The summed E-state index contributed by atoms with van der Waals surface area (Å²) in [6.07, 6.45) is 6.89. The molecule has 1 unspecified atom stereocenters. The second kappa shape index (κ2) is 2.94. The summed E-state index contributed by atoms with van der Waals surface area (Å²) in [7, 11) is 0. The van der Waals surface area contributed by atoms with Crippen molar-refractivity contribution < 1.29 is 0 Å². The number of fused-ring (bicyclic) bond motifs is 1. The molecule has 1 fully saturated rings. The summed E-state index contributed by atoms with van der Waals surface area (Å²) in [4.78, 5) is 3.95. The van der Waals surface area contributed by atoms with E-state index in [4.69, 9.17) is 0 Å². The molecule has 2 aliphatic heterocycles. The van der Waals surface area contributed by atoms with E-state index in [0.29, 0.717) is 6.04 Å². The van der Waals surface area contributed by atoms with E-state index in [1.807, 2.05) is 18.0 Å². The van der Waals surface area contributed by atoms with Gasteiger partial charge in [-0.15, -0.1) is 11.8 Å². The van der Waals surface area contributed by atoms with Gasteiger partial charge in [0, 0.05) is 17.2 Å². The lowest BCUT2D eigenvalue weighted by molar-refractivity contribution is 0.308. The monoisotopic (exact) mass is 167 g/mol. The van der Waals surface area contributed by atoms with Gasteiger partial charge in [0.05, 0.1) is 6.04 Å². The molecule has 60 valence electrons. The van der Waals surface area contributed by atoms with E-state index in [0.717, 1.165) is 6.54 Å². The highest BCUT2D eigenvalue weighted by Crippen LogP contribution is 2.37. The van der Waals surface area contributed by atoms with Crippen molar-refractivity contribution in [3.63, 3.8) is 0 Å². The second-order valence-electron chi connectivity index (χ2n) is 2.97. The summed E-state index contributed by atoms with van der Waals surface area (Å²) in [6, 6.07) is 0.686. The molecule has 0 radical (unpaired) electrons. The van der Waals surface area contributed by atoms with Crippen LogP contribution >= 0.6 is 11.8 Å². The summed E-state index contributed by atoms with van der Waals surface area (Å²) >= 11 is 2.02. The lowest BCUT2D eigenvalue weighted by atomic mass is 10.1. The molecule has 0 aromatic heterocycles. The summed E-state index contributed by atoms with van der Waals surface area (Å²) in [5.41, 5.74) is 0. The van der Waals surface area contributed by atoms with Gasteiger partial charge in [0.1, 0.15) is 0 Å². The summed E-state index contributed by atoms with van der Waals surface area (Å²) in [5, 5.41) is 0. The SMILES string of the molecule is C=CN1CCC=C2SCCC21. The minimum Gasteiger partial charge on any atom is -0.370 e. The van der Waals surface area contributed by atoms with Crippen molar-refractivity contribution in [2.24, 2.45) is 0 Å². The molecular formula is C9H13NS. The fraction of sp³-hybridized carbons (Fsp3) is 0.556. The van der Waals surface area contributed by atoms with Gasteiger partial charge < -0.3 is 4.90 Å². The van der Waals surface area contributed by atoms with Crippen molar-refractivity contribution in [2.45, 2.75) is 18.9 Å². The zero-order chi connectivity index (χ0) is 7.68. The van der Waals surface area contributed by atoms with Crippen LogP contribution in [0.2, 0.25) is 0 Å². The Morgan fingerprint density at radius 1 is 1.73 bits per heavy atom. The summed E-state index contributed by atoms with van der Waals surface area (Å²) in [5.74, 6) is 1.29.